The van der Waals surface area contributed by atoms with Crippen molar-refractivity contribution in [2.45, 2.75) is 25.3 Å². The molecule has 7 heteroatoms. The van der Waals surface area contributed by atoms with Gasteiger partial charge in [-0.3, -0.25) is 0 Å². The maximum Gasteiger partial charge on any atom is 0.259 e. The summed E-state index contributed by atoms with van der Waals surface area (Å²) in [5, 5.41) is 0.133. The first-order valence-corrected chi connectivity index (χ1v) is 7.04. The number of nitrogens with one attached hydrogen (secondary N) is 1. The number of ether oxygens (including phenoxy) is 1. The number of sulfonamides is 1. The summed E-state index contributed by atoms with van der Waals surface area (Å²) in [5.74, 6) is 0.668. The largest absolute Gasteiger partial charge is 0.380 e. The van der Waals surface area contributed by atoms with E-state index in [0.717, 1.165) is 0 Å². The Morgan fingerprint density at radius 3 is 2.71 bits per heavy atom. The number of imidazole rings is 1. The second-order valence-corrected chi connectivity index (χ2v) is 5.58. The molecule has 1 rings (SSSR count). The topological polar surface area (TPSA) is 75.3 Å². The second-order valence-electron chi connectivity index (χ2n) is 3.57. The number of aromatic amines is 1. The smallest absolute Gasteiger partial charge is 0.259 e. The number of aromatic nitrogens is 2. The molecule has 1 aromatic rings. The number of H-pyrrole nitrogens is 1. The molecule has 0 aliphatic heterocycles. The molecule has 6 nitrogen and oxygen atoms in total. The molecule has 0 atom stereocenters. The zero-order valence-corrected chi connectivity index (χ0v) is 11.2. The van der Waals surface area contributed by atoms with Gasteiger partial charge in [0, 0.05) is 26.6 Å². The summed E-state index contributed by atoms with van der Waals surface area (Å²) >= 11 is 0. The van der Waals surface area contributed by atoms with Crippen LogP contribution >= 0.6 is 0 Å². The quantitative estimate of drug-likeness (QED) is 0.730. The minimum Gasteiger partial charge on any atom is -0.380 e. The summed E-state index contributed by atoms with van der Waals surface area (Å²) in [6.07, 6.45) is 2.03. The summed E-state index contributed by atoms with van der Waals surface area (Å²) in [4.78, 5) is 6.78. The molecule has 0 fully saturated rings. The third-order valence-electron chi connectivity index (χ3n) is 2.38. The predicted octanol–water partition coefficient (Wildman–Crippen LogP) is 0.629. The molecular formula is C10H19N3O3S. The van der Waals surface area contributed by atoms with Crippen molar-refractivity contribution in [2.24, 2.45) is 0 Å². The number of likely N-dealkylation sites (N-methyl/N-ethyl adjacent to an activating group) is 1. The van der Waals surface area contributed by atoms with Gasteiger partial charge in [0.05, 0.1) is 12.8 Å². The lowest BCUT2D eigenvalue weighted by atomic mass is 10.5. The first-order valence-electron chi connectivity index (χ1n) is 5.60. The van der Waals surface area contributed by atoms with Crippen molar-refractivity contribution in [1.82, 2.24) is 14.3 Å². The fourth-order valence-corrected chi connectivity index (χ4v) is 2.36. The van der Waals surface area contributed by atoms with Crippen LogP contribution in [0, 0.1) is 0 Å². The molecule has 17 heavy (non-hydrogen) atoms. The third kappa shape index (κ3) is 3.52. The van der Waals surface area contributed by atoms with Crippen LogP contribution in [0.25, 0.3) is 0 Å². The van der Waals surface area contributed by atoms with Crippen molar-refractivity contribution in [3.63, 3.8) is 0 Å². The summed E-state index contributed by atoms with van der Waals surface area (Å²) < 4.78 is 30.5. The lowest BCUT2D eigenvalue weighted by molar-refractivity contribution is 0.138. The lowest BCUT2D eigenvalue weighted by Gasteiger charge is -2.15. The van der Waals surface area contributed by atoms with E-state index in [1.807, 2.05) is 13.8 Å². The Labute approximate surface area is 102 Å². The van der Waals surface area contributed by atoms with E-state index in [-0.39, 0.29) is 5.03 Å². The Morgan fingerprint density at radius 1 is 1.47 bits per heavy atom. The van der Waals surface area contributed by atoms with Crippen LogP contribution in [0.4, 0.5) is 0 Å². The van der Waals surface area contributed by atoms with Crippen LogP contribution in [0.15, 0.2) is 11.2 Å². The maximum atomic E-state index is 12.1. The average Bonchev–Trinajstić information content (AvgIpc) is 2.78. The summed E-state index contributed by atoms with van der Waals surface area (Å²) in [7, 11) is -1.94. The van der Waals surface area contributed by atoms with Gasteiger partial charge in [0.2, 0.25) is 0 Å². The molecule has 1 heterocycles. The van der Waals surface area contributed by atoms with Gasteiger partial charge in [-0.2, -0.15) is 4.31 Å². The first-order chi connectivity index (χ1) is 8.02. The number of aryl methyl sites for hydroxylation is 1. The highest BCUT2D eigenvalue weighted by molar-refractivity contribution is 7.89. The van der Waals surface area contributed by atoms with Gasteiger partial charge in [0.1, 0.15) is 5.82 Å². The molecule has 0 saturated carbocycles. The number of nitrogens with zero attached hydrogens (tertiary/aromatic N) is 2. The van der Waals surface area contributed by atoms with Crippen LogP contribution in [0.5, 0.6) is 0 Å². The van der Waals surface area contributed by atoms with E-state index in [2.05, 4.69) is 9.97 Å². The summed E-state index contributed by atoms with van der Waals surface area (Å²) in [5.41, 5.74) is 0. The van der Waals surface area contributed by atoms with E-state index in [1.54, 1.807) is 0 Å². The summed E-state index contributed by atoms with van der Waals surface area (Å²) in [6.45, 7) is 5.08. The molecule has 0 saturated heterocycles. The highest BCUT2D eigenvalue weighted by atomic mass is 32.2. The molecule has 98 valence electrons. The van der Waals surface area contributed by atoms with Gasteiger partial charge in [-0.05, 0) is 6.92 Å². The van der Waals surface area contributed by atoms with Gasteiger partial charge < -0.3 is 9.72 Å². The van der Waals surface area contributed by atoms with Crippen LogP contribution < -0.4 is 0 Å². The Balaban J connectivity index is 2.73. The van der Waals surface area contributed by atoms with Crippen molar-refractivity contribution in [3.05, 3.63) is 12.0 Å². The van der Waals surface area contributed by atoms with Gasteiger partial charge in [0.25, 0.3) is 10.0 Å². The van der Waals surface area contributed by atoms with Crippen molar-refractivity contribution in [3.8, 4) is 0 Å². The standard InChI is InChI=1S/C10H19N3O3S/c1-4-9-11-8-10(12-9)17(14,15)13(3)6-7-16-5-2/h8H,4-7H2,1-3H3,(H,11,12). The highest BCUT2D eigenvalue weighted by Gasteiger charge is 2.22. The minimum absolute atomic E-state index is 0.133. The van der Waals surface area contributed by atoms with Crippen molar-refractivity contribution in [2.75, 3.05) is 26.8 Å². The monoisotopic (exact) mass is 261 g/mol. The molecule has 0 spiro atoms. The zero-order valence-electron chi connectivity index (χ0n) is 10.4. The molecule has 0 radical (unpaired) electrons. The van der Waals surface area contributed by atoms with Crippen molar-refractivity contribution in [1.29, 1.82) is 0 Å². The van der Waals surface area contributed by atoms with Crippen molar-refractivity contribution >= 4 is 10.0 Å². The van der Waals surface area contributed by atoms with Gasteiger partial charge in [-0.25, -0.2) is 13.4 Å². The second kappa shape index (κ2) is 6.13. The van der Waals surface area contributed by atoms with Crippen LogP contribution in [0.2, 0.25) is 0 Å². The van der Waals surface area contributed by atoms with E-state index in [4.69, 9.17) is 4.74 Å². The third-order valence-corrected chi connectivity index (χ3v) is 4.15. The van der Waals surface area contributed by atoms with Gasteiger partial charge in [-0.1, -0.05) is 6.92 Å². The predicted molar refractivity (Wildman–Crippen MR) is 64.3 cm³/mol. The minimum atomic E-state index is -3.47. The maximum absolute atomic E-state index is 12.1. The molecular weight excluding hydrogens is 242 g/mol. The van der Waals surface area contributed by atoms with Crippen LogP contribution in [0.1, 0.15) is 19.7 Å². The molecule has 0 aliphatic rings. The van der Waals surface area contributed by atoms with Gasteiger partial charge >= 0.3 is 0 Å². The van der Waals surface area contributed by atoms with E-state index in [1.165, 1.54) is 17.5 Å². The van der Waals surface area contributed by atoms with E-state index < -0.39 is 10.0 Å². The fourth-order valence-electron chi connectivity index (χ4n) is 1.28. The number of rotatable bonds is 7. The zero-order chi connectivity index (χ0) is 12.9. The number of hydrogen-bond acceptors (Lipinski definition) is 4. The first kappa shape index (κ1) is 14.1. The van der Waals surface area contributed by atoms with Crippen molar-refractivity contribution < 1.29 is 13.2 Å². The van der Waals surface area contributed by atoms with Gasteiger partial charge in [-0.15, -0.1) is 0 Å². The fraction of sp³-hybridized carbons (Fsp3) is 0.700. The van der Waals surface area contributed by atoms with E-state index in [9.17, 15) is 8.42 Å². The van der Waals surface area contributed by atoms with E-state index >= 15 is 0 Å². The Bertz CT molecular complexity index is 441. The lowest BCUT2D eigenvalue weighted by Crippen LogP contribution is -2.30. The SMILES string of the molecule is CCOCCN(C)S(=O)(=O)c1cnc(CC)[nH]1. The average molecular weight is 261 g/mol. The molecule has 0 unspecified atom stereocenters. The van der Waals surface area contributed by atoms with Gasteiger partial charge in [0.15, 0.2) is 5.03 Å². The van der Waals surface area contributed by atoms with Crippen LogP contribution in [-0.2, 0) is 21.2 Å². The summed E-state index contributed by atoms with van der Waals surface area (Å²) in [6, 6.07) is 0. The van der Waals surface area contributed by atoms with E-state index in [0.29, 0.717) is 32.0 Å². The van der Waals surface area contributed by atoms with Crippen LogP contribution in [0.3, 0.4) is 0 Å². The Kier molecular flexibility index (Phi) is 5.10. The molecule has 1 aromatic heterocycles. The molecule has 0 aliphatic carbocycles. The molecule has 0 amide bonds. The highest BCUT2D eigenvalue weighted by Crippen LogP contribution is 2.11. The number of hydrogen-bond donors (Lipinski definition) is 1. The normalized spacial score (nSPS) is 12.2. The Morgan fingerprint density at radius 2 is 2.18 bits per heavy atom. The Hall–Kier alpha value is -0.920. The molecule has 0 bridgehead atoms. The van der Waals surface area contributed by atoms with Crippen LogP contribution in [-0.4, -0.2) is 49.5 Å². The molecule has 1 N–H and O–H groups in total. The molecule has 0 aromatic carbocycles.